The number of fused-ring (bicyclic) bond motifs is 9. The van der Waals surface area contributed by atoms with Gasteiger partial charge in [0.2, 0.25) is 0 Å². The van der Waals surface area contributed by atoms with Crippen molar-refractivity contribution in [3.63, 3.8) is 0 Å². The molecule has 0 N–H and O–H groups in total. The van der Waals surface area contributed by atoms with Gasteiger partial charge in [0.1, 0.15) is 22.3 Å². The molecule has 0 radical (unpaired) electrons. The highest BCUT2D eigenvalue weighted by Gasteiger charge is 2.17. The molecule has 0 aliphatic carbocycles. The molecule has 10 aromatic carbocycles. The molecule has 0 saturated carbocycles. The molecular weight excluding hydrogens is 719 g/mol. The normalized spacial score (nSPS) is 11.7. The number of nitrogens with zero attached hydrogens (tertiary/aromatic N) is 1. The molecule has 59 heavy (non-hydrogen) atoms. The summed E-state index contributed by atoms with van der Waals surface area (Å²) >= 11 is 0. The van der Waals surface area contributed by atoms with Gasteiger partial charge in [0.05, 0.1) is 0 Å². The minimum Gasteiger partial charge on any atom is -0.456 e. The SMILES string of the molecule is c1ccc(-c2ccc(N(c3ccc(-c4cccc5oc6ccccc6c45)cc3)c3ccc4ccc(-c5ccc6c(ccc7oc8ccccc8c76)c5)cc4c3)cc2)cc1. The Morgan fingerprint density at radius 2 is 0.797 bits per heavy atom. The van der Waals surface area contributed by atoms with Crippen molar-refractivity contribution < 1.29 is 8.83 Å². The lowest BCUT2D eigenvalue weighted by Gasteiger charge is -2.26. The molecule has 3 heteroatoms. The lowest BCUT2D eigenvalue weighted by Crippen LogP contribution is -2.09. The summed E-state index contributed by atoms with van der Waals surface area (Å²) in [5.74, 6) is 0. The molecule has 0 unspecified atom stereocenters. The molecule has 0 spiro atoms. The zero-order valence-electron chi connectivity index (χ0n) is 32.0. The van der Waals surface area contributed by atoms with Gasteiger partial charge in [-0.2, -0.15) is 0 Å². The molecule has 0 aliphatic rings. The van der Waals surface area contributed by atoms with Crippen molar-refractivity contribution in [1.29, 1.82) is 0 Å². The number of furan rings is 2. The molecule has 0 amide bonds. The van der Waals surface area contributed by atoms with Crippen molar-refractivity contribution >= 4 is 82.5 Å². The van der Waals surface area contributed by atoms with E-state index in [0.29, 0.717) is 0 Å². The van der Waals surface area contributed by atoms with Gasteiger partial charge in [0.15, 0.2) is 0 Å². The third-order valence-corrected chi connectivity index (χ3v) is 11.8. The average Bonchev–Trinajstić information content (AvgIpc) is 3.88. The van der Waals surface area contributed by atoms with Gasteiger partial charge in [-0.1, -0.05) is 140 Å². The van der Waals surface area contributed by atoms with E-state index in [9.17, 15) is 0 Å². The van der Waals surface area contributed by atoms with Crippen molar-refractivity contribution in [3.8, 4) is 33.4 Å². The van der Waals surface area contributed by atoms with Crippen molar-refractivity contribution in [2.24, 2.45) is 0 Å². The number of para-hydroxylation sites is 2. The molecule has 0 aliphatic heterocycles. The van der Waals surface area contributed by atoms with E-state index in [1.165, 1.54) is 49.2 Å². The van der Waals surface area contributed by atoms with Gasteiger partial charge in [-0.15, -0.1) is 0 Å². The van der Waals surface area contributed by atoms with Crippen molar-refractivity contribution in [2.75, 3.05) is 4.90 Å². The van der Waals surface area contributed by atoms with Crippen LogP contribution in [0.4, 0.5) is 17.1 Å². The fourth-order valence-corrected chi connectivity index (χ4v) is 8.97. The summed E-state index contributed by atoms with van der Waals surface area (Å²) in [5.41, 5.74) is 13.9. The van der Waals surface area contributed by atoms with Crippen LogP contribution in [0.15, 0.2) is 221 Å². The van der Waals surface area contributed by atoms with E-state index in [1.807, 2.05) is 24.3 Å². The molecule has 0 saturated heterocycles. The quantitative estimate of drug-likeness (QED) is 0.169. The lowest BCUT2D eigenvalue weighted by atomic mass is 9.96. The van der Waals surface area contributed by atoms with E-state index in [1.54, 1.807) is 0 Å². The predicted molar refractivity (Wildman–Crippen MR) is 247 cm³/mol. The summed E-state index contributed by atoms with van der Waals surface area (Å²) < 4.78 is 12.4. The molecule has 2 heterocycles. The maximum atomic E-state index is 6.24. The van der Waals surface area contributed by atoms with Crippen LogP contribution >= 0.6 is 0 Å². The Hall–Kier alpha value is -7.88. The topological polar surface area (TPSA) is 29.5 Å². The van der Waals surface area contributed by atoms with E-state index in [-0.39, 0.29) is 0 Å². The molecule has 0 atom stereocenters. The van der Waals surface area contributed by atoms with Crippen LogP contribution < -0.4 is 4.90 Å². The number of hydrogen-bond acceptors (Lipinski definition) is 3. The Morgan fingerprint density at radius 3 is 1.54 bits per heavy atom. The smallest absolute Gasteiger partial charge is 0.136 e. The summed E-state index contributed by atoms with van der Waals surface area (Å²) in [5, 5.41) is 9.36. The minimum atomic E-state index is 0.899. The van der Waals surface area contributed by atoms with Crippen LogP contribution in [0.2, 0.25) is 0 Å². The molecule has 0 fully saturated rings. The Balaban J connectivity index is 0.956. The van der Waals surface area contributed by atoms with Crippen LogP contribution in [0.3, 0.4) is 0 Å². The number of hydrogen-bond donors (Lipinski definition) is 0. The van der Waals surface area contributed by atoms with Gasteiger partial charge in [0, 0.05) is 38.6 Å². The molecule has 3 nitrogen and oxygen atoms in total. The maximum Gasteiger partial charge on any atom is 0.136 e. The second kappa shape index (κ2) is 13.4. The maximum absolute atomic E-state index is 6.24. The standard InChI is InChI=1S/C56H35NO2/c1-2-9-36(10-3-1)37-19-26-44(27-20-37)57(45-28-22-39(23-29-45)47-13-8-16-53-55(47)49-11-4-6-14-51(49)58-53)46-30-21-38-17-18-40(34-43(38)35-46)41-24-31-48-42(33-41)25-32-54-56(48)50-12-5-7-15-52(50)59-54/h1-35H. The average molecular weight is 754 g/mol. The van der Waals surface area contributed by atoms with E-state index in [2.05, 4.69) is 193 Å². The zero-order valence-corrected chi connectivity index (χ0v) is 32.0. The summed E-state index contributed by atoms with van der Waals surface area (Å²) in [4.78, 5) is 2.36. The number of benzene rings is 10. The van der Waals surface area contributed by atoms with Crippen LogP contribution in [0, 0.1) is 0 Å². The Morgan fingerprint density at radius 1 is 0.271 bits per heavy atom. The van der Waals surface area contributed by atoms with Crippen LogP contribution in [0.25, 0.3) is 98.8 Å². The van der Waals surface area contributed by atoms with Crippen LogP contribution in [-0.2, 0) is 0 Å². The summed E-state index contributed by atoms with van der Waals surface area (Å²) in [7, 11) is 0. The third kappa shape index (κ3) is 5.59. The first-order chi connectivity index (χ1) is 29.2. The molecule has 12 aromatic rings. The Labute approximate surface area is 340 Å². The molecule has 276 valence electrons. The molecule has 12 rings (SSSR count). The zero-order chi connectivity index (χ0) is 38.9. The fraction of sp³-hybridized carbons (Fsp3) is 0. The second-order valence-electron chi connectivity index (χ2n) is 15.3. The predicted octanol–water partition coefficient (Wildman–Crippen LogP) is 16.3. The Bertz CT molecular complexity index is 3540. The van der Waals surface area contributed by atoms with Gasteiger partial charge >= 0.3 is 0 Å². The number of anilines is 3. The van der Waals surface area contributed by atoms with Gasteiger partial charge in [-0.3, -0.25) is 0 Å². The van der Waals surface area contributed by atoms with Crippen molar-refractivity contribution in [2.45, 2.75) is 0 Å². The minimum absolute atomic E-state index is 0.899. The Kier molecular flexibility index (Phi) is 7.54. The molecule has 0 bridgehead atoms. The highest BCUT2D eigenvalue weighted by molar-refractivity contribution is 6.19. The van der Waals surface area contributed by atoms with Gasteiger partial charge in [0.25, 0.3) is 0 Å². The highest BCUT2D eigenvalue weighted by Crippen LogP contribution is 2.42. The molecule has 2 aromatic heterocycles. The first kappa shape index (κ1) is 33.3. The van der Waals surface area contributed by atoms with Crippen molar-refractivity contribution in [1.82, 2.24) is 0 Å². The van der Waals surface area contributed by atoms with Crippen LogP contribution in [-0.4, -0.2) is 0 Å². The lowest BCUT2D eigenvalue weighted by molar-refractivity contribution is 0.668. The highest BCUT2D eigenvalue weighted by atomic mass is 16.3. The third-order valence-electron chi connectivity index (χ3n) is 11.8. The monoisotopic (exact) mass is 753 g/mol. The van der Waals surface area contributed by atoms with E-state index in [4.69, 9.17) is 8.83 Å². The van der Waals surface area contributed by atoms with Crippen LogP contribution in [0.1, 0.15) is 0 Å². The van der Waals surface area contributed by atoms with Gasteiger partial charge < -0.3 is 13.7 Å². The van der Waals surface area contributed by atoms with Crippen LogP contribution in [0.5, 0.6) is 0 Å². The summed E-state index contributed by atoms with van der Waals surface area (Å²) in [6, 6.07) is 75.9. The largest absolute Gasteiger partial charge is 0.456 e. The second-order valence-corrected chi connectivity index (χ2v) is 15.3. The van der Waals surface area contributed by atoms with E-state index >= 15 is 0 Å². The first-order valence-corrected chi connectivity index (χ1v) is 20.1. The first-order valence-electron chi connectivity index (χ1n) is 20.1. The van der Waals surface area contributed by atoms with Crippen molar-refractivity contribution in [3.05, 3.63) is 212 Å². The van der Waals surface area contributed by atoms with E-state index < -0.39 is 0 Å². The summed E-state index contributed by atoms with van der Waals surface area (Å²) in [6.45, 7) is 0. The fourth-order valence-electron chi connectivity index (χ4n) is 8.97. The van der Waals surface area contributed by atoms with E-state index in [0.717, 1.165) is 66.7 Å². The van der Waals surface area contributed by atoms with Gasteiger partial charge in [-0.05, 0) is 128 Å². The number of rotatable bonds is 6. The summed E-state index contributed by atoms with van der Waals surface area (Å²) in [6.07, 6.45) is 0. The molecular formula is C56H35NO2. The van der Waals surface area contributed by atoms with Gasteiger partial charge in [-0.25, -0.2) is 0 Å².